The van der Waals surface area contributed by atoms with Crippen molar-refractivity contribution in [1.29, 1.82) is 0 Å². The molecule has 1 aromatic heterocycles. The van der Waals surface area contributed by atoms with Crippen molar-refractivity contribution in [1.82, 2.24) is 4.57 Å². The van der Waals surface area contributed by atoms with E-state index in [1.54, 1.807) is 22.8 Å². The molecule has 2 aromatic rings. The van der Waals surface area contributed by atoms with Crippen molar-refractivity contribution in [3.63, 3.8) is 0 Å². The molecular weight excluding hydrogens is 278 g/mol. The van der Waals surface area contributed by atoms with E-state index in [0.29, 0.717) is 11.2 Å². The largest absolute Gasteiger partial charge is 0.478 e. The third-order valence-corrected chi connectivity index (χ3v) is 3.92. The highest BCUT2D eigenvalue weighted by atomic mass is 32.2. The number of nitrogens with zero attached hydrogens (tertiary/aromatic N) is 1. The fourth-order valence-corrected chi connectivity index (χ4v) is 3.24. The number of benzene rings is 1. The molecule has 0 amide bonds. The topological polar surface area (TPSA) is 76.4 Å². The lowest BCUT2D eigenvalue weighted by Crippen LogP contribution is -2.11. The average molecular weight is 295 g/mol. The molecule has 20 heavy (non-hydrogen) atoms. The maximum atomic E-state index is 11.5. The van der Waals surface area contributed by atoms with Crippen molar-refractivity contribution >= 4 is 26.7 Å². The SMILES string of the molecule is CC(C)n1c(CS(C)(=O)=O)cc2cccc(C(=O)O)c21. The second kappa shape index (κ2) is 4.94. The van der Waals surface area contributed by atoms with Gasteiger partial charge in [-0.15, -0.1) is 0 Å². The molecule has 0 aliphatic rings. The minimum Gasteiger partial charge on any atom is -0.478 e. The summed E-state index contributed by atoms with van der Waals surface area (Å²) in [5.74, 6) is -1.11. The van der Waals surface area contributed by atoms with Crippen LogP contribution in [0.4, 0.5) is 0 Å². The fraction of sp³-hybridized carbons (Fsp3) is 0.357. The number of sulfone groups is 1. The Morgan fingerprint density at radius 1 is 1.35 bits per heavy atom. The minimum absolute atomic E-state index is 0.0234. The predicted octanol–water partition coefficient (Wildman–Crippen LogP) is 2.46. The number of para-hydroxylation sites is 1. The summed E-state index contributed by atoms with van der Waals surface area (Å²) in [5, 5.41) is 10.0. The Hall–Kier alpha value is -1.82. The summed E-state index contributed by atoms with van der Waals surface area (Å²) in [6, 6.07) is 6.73. The van der Waals surface area contributed by atoms with Gasteiger partial charge in [0.25, 0.3) is 0 Å². The lowest BCUT2D eigenvalue weighted by molar-refractivity contribution is 0.0698. The van der Waals surface area contributed by atoms with Crippen LogP contribution < -0.4 is 0 Å². The highest BCUT2D eigenvalue weighted by molar-refractivity contribution is 7.89. The molecule has 1 heterocycles. The van der Waals surface area contributed by atoms with Gasteiger partial charge >= 0.3 is 5.97 Å². The lowest BCUT2D eigenvalue weighted by atomic mass is 10.1. The molecular formula is C14H17NO4S. The summed E-state index contributed by atoms with van der Waals surface area (Å²) in [6.45, 7) is 3.81. The van der Waals surface area contributed by atoms with Crippen LogP contribution in [0, 0.1) is 0 Å². The highest BCUT2D eigenvalue weighted by Gasteiger charge is 2.19. The van der Waals surface area contributed by atoms with Crippen LogP contribution in [0.1, 0.15) is 35.9 Å². The minimum atomic E-state index is -3.18. The van der Waals surface area contributed by atoms with Gasteiger partial charge in [-0.25, -0.2) is 13.2 Å². The average Bonchev–Trinajstić information content (AvgIpc) is 2.63. The Balaban J connectivity index is 2.81. The maximum absolute atomic E-state index is 11.5. The maximum Gasteiger partial charge on any atom is 0.337 e. The molecule has 2 rings (SSSR count). The van der Waals surface area contributed by atoms with Crippen LogP contribution in [0.15, 0.2) is 24.3 Å². The molecule has 0 saturated heterocycles. The molecule has 0 aliphatic heterocycles. The third-order valence-electron chi connectivity index (χ3n) is 3.10. The van der Waals surface area contributed by atoms with Crippen molar-refractivity contribution in [2.24, 2.45) is 0 Å². The second-order valence-corrected chi connectivity index (χ2v) is 7.36. The first-order valence-electron chi connectivity index (χ1n) is 6.24. The zero-order chi connectivity index (χ0) is 15.1. The van der Waals surface area contributed by atoms with Crippen LogP contribution in [0.25, 0.3) is 10.9 Å². The van der Waals surface area contributed by atoms with Gasteiger partial charge in [0.2, 0.25) is 0 Å². The summed E-state index contributed by atoms with van der Waals surface area (Å²) >= 11 is 0. The first kappa shape index (κ1) is 14.6. The number of rotatable bonds is 4. The van der Waals surface area contributed by atoms with Gasteiger partial charge in [-0.05, 0) is 26.0 Å². The number of carboxylic acids is 1. The van der Waals surface area contributed by atoms with Crippen LogP contribution in [-0.2, 0) is 15.6 Å². The predicted molar refractivity (Wildman–Crippen MR) is 77.8 cm³/mol. The number of carboxylic acid groups (broad SMARTS) is 1. The van der Waals surface area contributed by atoms with Gasteiger partial charge in [0.15, 0.2) is 9.84 Å². The zero-order valence-corrected chi connectivity index (χ0v) is 12.4. The molecule has 1 aromatic carbocycles. The van der Waals surface area contributed by atoms with Crippen LogP contribution >= 0.6 is 0 Å². The molecule has 0 fully saturated rings. The molecule has 0 radical (unpaired) electrons. The summed E-state index contributed by atoms with van der Waals surface area (Å²) in [5.41, 5.74) is 1.39. The van der Waals surface area contributed by atoms with Crippen molar-refractivity contribution in [2.75, 3.05) is 6.26 Å². The molecule has 108 valence electrons. The molecule has 0 spiro atoms. The monoisotopic (exact) mass is 295 g/mol. The first-order chi connectivity index (χ1) is 9.20. The standard InChI is InChI=1S/C14H17NO4S/c1-9(2)15-11(8-20(3,18)19)7-10-5-4-6-12(13(10)15)14(16)17/h4-7,9H,8H2,1-3H3,(H,16,17). The van der Waals surface area contributed by atoms with Crippen molar-refractivity contribution in [3.8, 4) is 0 Å². The Morgan fingerprint density at radius 2 is 2.00 bits per heavy atom. The number of aromatic carboxylic acids is 1. The highest BCUT2D eigenvalue weighted by Crippen LogP contribution is 2.28. The van der Waals surface area contributed by atoms with Gasteiger partial charge in [0, 0.05) is 23.4 Å². The second-order valence-electron chi connectivity index (χ2n) is 5.22. The molecule has 0 saturated carbocycles. The van der Waals surface area contributed by atoms with E-state index in [1.807, 2.05) is 13.8 Å². The number of hydrogen-bond donors (Lipinski definition) is 1. The summed E-state index contributed by atoms with van der Waals surface area (Å²) in [7, 11) is -3.18. The van der Waals surface area contributed by atoms with Crippen LogP contribution in [0.3, 0.4) is 0 Å². The van der Waals surface area contributed by atoms with E-state index in [0.717, 1.165) is 5.39 Å². The van der Waals surface area contributed by atoms with Gasteiger partial charge in [0.05, 0.1) is 16.8 Å². The number of hydrogen-bond acceptors (Lipinski definition) is 3. The summed E-state index contributed by atoms with van der Waals surface area (Å²) in [4.78, 5) is 11.4. The molecule has 6 heteroatoms. The van der Waals surface area contributed by atoms with Crippen LogP contribution in [0.5, 0.6) is 0 Å². The van der Waals surface area contributed by atoms with Gasteiger partial charge in [-0.2, -0.15) is 0 Å². The Kier molecular flexibility index (Phi) is 3.60. The van der Waals surface area contributed by atoms with E-state index in [1.165, 1.54) is 12.3 Å². The number of carbonyl (C=O) groups is 1. The number of aromatic nitrogens is 1. The Bertz CT molecular complexity index is 772. The van der Waals surface area contributed by atoms with E-state index in [2.05, 4.69) is 0 Å². The number of fused-ring (bicyclic) bond motifs is 1. The normalized spacial score (nSPS) is 12.2. The van der Waals surface area contributed by atoms with E-state index >= 15 is 0 Å². The first-order valence-corrected chi connectivity index (χ1v) is 8.30. The van der Waals surface area contributed by atoms with Gasteiger partial charge in [0.1, 0.15) is 0 Å². The van der Waals surface area contributed by atoms with E-state index in [9.17, 15) is 18.3 Å². The summed E-state index contributed by atoms with van der Waals surface area (Å²) in [6.07, 6.45) is 1.17. The molecule has 0 atom stereocenters. The van der Waals surface area contributed by atoms with Gasteiger partial charge in [-0.3, -0.25) is 0 Å². The lowest BCUT2D eigenvalue weighted by Gasteiger charge is -2.15. The van der Waals surface area contributed by atoms with Gasteiger partial charge < -0.3 is 9.67 Å². The Labute approximate surface area is 117 Å². The fourth-order valence-electron chi connectivity index (χ4n) is 2.48. The van der Waals surface area contributed by atoms with Gasteiger partial charge in [-0.1, -0.05) is 12.1 Å². The van der Waals surface area contributed by atoms with E-state index in [4.69, 9.17) is 0 Å². The van der Waals surface area contributed by atoms with E-state index in [-0.39, 0.29) is 17.4 Å². The zero-order valence-electron chi connectivity index (χ0n) is 11.6. The molecule has 0 unspecified atom stereocenters. The quantitative estimate of drug-likeness (QED) is 0.940. The van der Waals surface area contributed by atoms with E-state index < -0.39 is 15.8 Å². The molecule has 1 N–H and O–H groups in total. The summed E-state index contributed by atoms with van der Waals surface area (Å²) < 4.78 is 24.9. The third kappa shape index (κ3) is 2.70. The smallest absolute Gasteiger partial charge is 0.337 e. The van der Waals surface area contributed by atoms with Crippen LogP contribution in [-0.4, -0.2) is 30.3 Å². The van der Waals surface area contributed by atoms with Crippen molar-refractivity contribution < 1.29 is 18.3 Å². The molecule has 0 bridgehead atoms. The molecule has 0 aliphatic carbocycles. The van der Waals surface area contributed by atoms with Crippen molar-refractivity contribution in [2.45, 2.75) is 25.6 Å². The molecule has 5 nitrogen and oxygen atoms in total. The Morgan fingerprint density at radius 3 is 2.50 bits per heavy atom. The van der Waals surface area contributed by atoms with Crippen LogP contribution in [0.2, 0.25) is 0 Å². The van der Waals surface area contributed by atoms with Crippen molar-refractivity contribution in [3.05, 3.63) is 35.5 Å².